The van der Waals surface area contributed by atoms with Crippen LogP contribution in [0.2, 0.25) is 0 Å². The van der Waals surface area contributed by atoms with E-state index < -0.39 is 0 Å². The molecule has 0 amide bonds. The van der Waals surface area contributed by atoms with E-state index in [-0.39, 0.29) is 5.92 Å². The van der Waals surface area contributed by atoms with E-state index in [1.165, 1.54) is 11.1 Å². The average molecular weight is 340 g/mol. The minimum atomic E-state index is 0.287. The molecule has 0 aliphatic rings. The van der Waals surface area contributed by atoms with Crippen LogP contribution in [0.5, 0.6) is 5.75 Å². The molecule has 2 aromatic carbocycles. The van der Waals surface area contributed by atoms with Crippen LogP contribution in [-0.2, 0) is 6.42 Å². The first-order valence-electron chi connectivity index (χ1n) is 6.18. The van der Waals surface area contributed by atoms with Crippen LogP contribution in [-0.4, -0.2) is 13.0 Å². The Morgan fingerprint density at radius 3 is 2.63 bits per heavy atom. The molecule has 100 valence electrons. The van der Waals surface area contributed by atoms with Crippen molar-refractivity contribution in [2.45, 2.75) is 12.3 Å². The Kier molecular flexibility index (Phi) is 5.29. The van der Waals surface area contributed by atoms with E-state index >= 15 is 0 Å². The Hall–Kier alpha value is -0.990. The standard InChI is InChI=1S/C16H16BrClO/c1-19-16-8-3-2-5-13(16)9-14(11-18)12-6-4-7-15(17)10-12/h2-8,10,14H,9,11H2,1H3. The fourth-order valence-electron chi connectivity index (χ4n) is 2.16. The summed E-state index contributed by atoms with van der Waals surface area (Å²) in [6.07, 6.45) is 0.879. The highest BCUT2D eigenvalue weighted by Crippen LogP contribution is 2.28. The Labute approximate surface area is 127 Å². The molecule has 1 nitrogen and oxygen atoms in total. The third kappa shape index (κ3) is 3.74. The summed E-state index contributed by atoms with van der Waals surface area (Å²) in [6.45, 7) is 0. The molecule has 0 radical (unpaired) electrons. The third-order valence-electron chi connectivity index (χ3n) is 3.17. The molecule has 2 aromatic rings. The van der Waals surface area contributed by atoms with Gasteiger partial charge in [-0.3, -0.25) is 0 Å². The molecule has 19 heavy (non-hydrogen) atoms. The first-order valence-corrected chi connectivity index (χ1v) is 7.50. The Balaban J connectivity index is 2.24. The lowest BCUT2D eigenvalue weighted by atomic mass is 9.93. The Bertz CT molecular complexity index is 542. The van der Waals surface area contributed by atoms with E-state index in [0.29, 0.717) is 5.88 Å². The lowest BCUT2D eigenvalue weighted by Crippen LogP contribution is -2.06. The molecule has 0 saturated carbocycles. The number of hydrogen-bond acceptors (Lipinski definition) is 1. The normalized spacial score (nSPS) is 12.2. The zero-order valence-electron chi connectivity index (χ0n) is 10.8. The van der Waals surface area contributed by atoms with Crippen LogP contribution in [0.25, 0.3) is 0 Å². The summed E-state index contributed by atoms with van der Waals surface area (Å²) in [4.78, 5) is 0. The Morgan fingerprint density at radius 2 is 1.95 bits per heavy atom. The molecular weight excluding hydrogens is 324 g/mol. The number of alkyl halides is 1. The molecule has 0 saturated heterocycles. The van der Waals surface area contributed by atoms with Crippen molar-refractivity contribution in [2.24, 2.45) is 0 Å². The predicted octanol–water partition coefficient (Wildman–Crippen LogP) is 5.02. The summed E-state index contributed by atoms with van der Waals surface area (Å²) in [7, 11) is 1.70. The summed E-state index contributed by atoms with van der Waals surface area (Å²) in [6, 6.07) is 16.4. The molecule has 0 aliphatic heterocycles. The van der Waals surface area contributed by atoms with Gasteiger partial charge in [0.2, 0.25) is 0 Å². The highest BCUT2D eigenvalue weighted by molar-refractivity contribution is 9.10. The molecule has 0 N–H and O–H groups in total. The van der Waals surface area contributed by atoms with Gasteiger partial charge in [-0.1, -0.05) is 46.3 Å². The van der Waals surface area contributed by atoms with E-state index in [0.717, 1.165) is 16.6 Å². The van der Waals surface area contributed by atoms with Crippen LogP contribution in [0.4, 0.5) is 0 Å². The van der Waals surface area contributed by atoms with Crippen LogP contribution >= 0.6 is 27.5 Å². The van der Waals surface area contributed by atoms with Gasteiger partial charge in [-0.25, -0.2) is 0 Å². The van der Waals surface area contributed by atoms with E-state index in [1.807, 2.05) is 30.3 Å². The maximum absolute atomic E-state index is 6.14. The number of ether oxygens (including phenoxy) is 1. The molecule has 0 aromatic heterocycles. The number of benzene rings is 2. The molecule has 0 bridgehead atoms. The van der Waals surface area contributed by atoms with Gasteiger partial charge in [-0.05, 0) is 35.7 Å². The second kappa shape index (κ2) is 6.97. The quantitative estimate of drug-likeness (QED) is 0.695. The molecule has 3 heteroatoms. The number of rotatable bonds is 5. The highest BCUT2D eigenvalue weighted by Gasteiger charge is 2.14. The van der Waals surface area contributed by atoms with Gasteiger partial charge >= 0.3 is 0 Å². The molecule has 2 rings (SSSR count). The summed E-state index contributed by atoms with van der Waals surface area (Å²) < 4.78 is 6.48. The lowest BCUT2D eigenvalue weighted by Gasteiger charge is -2.16. The van der Waals surface area contributed by atoms with Crippen LogP contribution in [0, 0.1) is 0 Å². The van der Waals surface area contributed by atoms with Crippen LogP contribution in [0.1, 0.15) is 17.0 Å². The van der Waals surface area contributed by atoms with Crippen molar-refractivity contribution in [3.63, 3.8) is 0 Å². The molecule has 0 aliphatic carbocycles. The topological polar surface area (TPSA) is 9.23 Å². The SMILES string of the molecule is COc1ccccc1CC(CCl)c1cccc(Br)c1. The molecule has 0 fully saturated rings. The van der Waals surface area contributed by atoms with Crippen molar-refractivity contribution in [2.75, 3.05) is 13.0 Å². The molecule has 1 unspecified atom stereocenters. The number of halogens is 2. The fourth-order valence-corrected chi connectivity index (χ4v) is 2.86. The van der Waals surface area contributed by atoms with Crippen molar-refractivity contribution in [3.05, 3.63) is 64.1 Å². The number of para-hydroxylation sites is 1. The summed E-state index contributed by atoms with van der Waals surface area (Å²) in [5.41, 5.74) is 2.44. The third-order valence-corrected chi connectivity index (χ3v) is 4.03. The van der Waals surface area contributed by atoms with E-state index in [1.54, 1.807) is 7.11 Å². The smallest absolute Gasteiger partial charge is 0.122 e. The fraction of sp³-hybridized carbons (Fsp3) is 0.250. The van der Waals surface area contributed by atoms with Gasteiger partial charge in [0.1, 0.15) is 5.75 Å². The number of methoxy groups -OCH3 is 1. The van der Waals surface area contributed by atoms with Gasteiger partial charge in [0, 0.05) is 16.3 Å². The second-order valence-corrected chi connectivity index (χ2v) is 5.65. The summed E-state index contributed by atoms with van der Waals surface area (Å²) >= 11 is 9.65. The van der Waals surface area contributed by atoms with Crippen molar-refractivity contribution < 1.29 is 4.74 Å². The maximum Gasteiger partial charge on any atom is 0.122 e. The van der Waals surface area contributed by atoms with Crippen molar-refractivity contribution in [3.8, 4) is 5.75 Å². The van der Waals surface area contributed by atoms with Gasteiger partial charge in [-0.15, -0.1) is 11.6 Å². The maximum atomic E-state index is 6.14. The first-order chi connectivity index (χ1) is 9.24. The van der Waals surface area contributed by atoms with E-state index in [4.69, 9.17) is 16.3 Å². The second-order valence-electron chi connectivity index (χ2n) is 4.42. The van der Waals surface area contributed by atoms with E-state index in [9.17, 15) is 0 Å². The minimum Gasteiger partial charge on any atom is -0.496 e. The largest absolute Gasteiger partial charge is 0.496 e. The zero-order chi connectivity index (χ0) is 13.7. The first kappa shape index (κ1) is 14.4. The van der Waals surface area contributed by atoms with Crippen molar-refractivity contribution in [1.29, 1.82) is 0 Å². The molecular formula is C16H16BrClO. The average Bonchev–Trinajstić information content (AvgIpc) is 2.45. The monoisotopic (exact) mass is 338 g/mol. The number of hydrogen-bond donors (Lipinski definition) is 0. The lowest BCUT2D eigenvalue weighted by molar-refractivity contribution is 0.408. The Morgan fingerprint density at radius 1 is 1.16 bits per heavy atom. The van der Waals surface area contributed by atoms with Crippen molar-refractivity contribution >= 4 is 27.5 Å². The van der Waals surface area contributed by atoms with Crippen LogP contribution in [0.15, 0.2) is 53.0 Å². The molecule has 0 heterocycles. The molecule has 0 spiro atoms. The summed E-state index contributed by atoms with van der Waals surface area (Å²) in [5, 5.41) is 0. The predicted molar refractivity (Wildman–Crippen MR) is 84.3 cm³/mol. The zero-order valence-corrected chi connectivity index (χ0v) is 13.1. The van der Waals surface area contributed by atoms with Gasteiger partial charge in [0.15, 0.2) is 0 Å². The highest BCUT2D eigenvalue weighted by atomic mass is 79.9. The van der Waals surface area contributed by atoms with Gasteiger partial charge in [0.25, 0.3) is 0 Å². The van der Waals surface area contributed by atoms with Gasteiger partial charge in [-0.2, -0.15) is 0 Å². The molecule has 1 atom stereocenters. The van der Waals surface area contributed by atoms with Gasteiger partial charge < -0.3 is 4.74 Å². The minimum absolute atomic E-state index is 0.287. The van der Waals surface area contributed by atoms with Crippen LogP contribution in [0.3, 0.4) is 0 Å². The van der Waals surface area contributed by atoms with Crippen LogP contribution < -0.4 is 4.74 Å². The summed E-state index contributed by atoms with van der Waals surface area (Å²) in [5.74, 6) is 1.80. The van der Waals surface area contributed by atoms with Crippen molar-refractivity contribution in [1.82, 2.24) is 0 Å². The van der Waals surface area contributed by atoms with E-state index in [2.05, 4.69) is 34.1 Å². The van der Waals surface area contributed by atoms with Gasteiger partial charge in [0.05, 0.1) is 7.11 Å².